The summed E-state index contributed by atoms with van der Waals surface area (Å²) in [6.45, 7) is 0.641. The maximum atomic E-state index is 5.72. The van der Waals surface area contributed by atoms with E-state index < -0.39 is 0 Å². The summed E-state index contributed by atoms with van der Waals surface area (Å²) in [6, 6.07) is 14.2. The molecule has 0 saturated carbocycles. The zero-order chi connectivity index (χ0) is 12.4. The minimum Gasteiger partial charge on any atom is -0.353 e. The summed E-state index contributed by atoms with van der Waals surface area (Å²) < 4.78 is 0. The van der Waals surface area contributed by atoms with Gasteiger partial charge in [-0.1, -0.05) is 24.3 Å². The van der Waals surface area contributed by atoms with E-state index in [9.17, 15) is 0 Å². The van der Waals surface area contributed by atoms with Crippen LogP contribution < -0.4 is 5.73 Å². The third-order valence-electron chi connectivity index (χ3n) is 3.13. The van der Waals surface area contributed by atoms with Gasteiger partial charge in [0.15, 0.2) is 0 Å². The molecule has 3 N–H and O–H groups in total. The Labute approximate surface area is 118 Å². The van der Waals surface area contributed by atoms with Crippen molar-refractivity contribution in [2.45, 2.75) is 6.42 Å². The normalized spacial score (nSPS) is 10.4. The zero-order valence-corrected chi connectivity index (χ0v) is 11.3. The van der Waals surface area contributed by atoms with Crippen LogP contribution in [0.4, 0.5) is 0 Å². The molecule has 3 rings (SSSR count). The number of benzene rings is 1. The number of hydrogen-bond donors (Lipinski definition) is 2. The minimum atomic E-state index is 0. The Balaban J connectivity index is 0.00000133. The molecule has 0 unspecified atom stereocenters. The van der Waals surface area contributed by atoms with Gasteiger partial charge in [-0.25, -0.2) is 0 Å². The quantitative estimate of drug-likeness (QED) is 0.770. The first-order valence-corrected chi connectivity index (χ1v) is 6.11. The number of aromatic nitrogens is 2. The van der Waals surface area contributed by atoms with E-state index in [1.54, 1.807) is 0 Å². The van der Waals surface area contributed by atoms with E-state index in [1.807, 2.05) is 30.5 Å². The van der Waals surface area contributed by atoms with E-state index in [2.05, 4.69) is 28.2 Å². The van der Waals surface area contributed by atoms with Gasteiger partial charge in [0.1, 0.15) is 0 Å². The average molecular weight is 274 g/mol. The molecule has 0 atom stereocenters. The van der Waals surface area contributed by atoms with Gasteiger partial charge in [0.05, 0.1) is 11.4 Å². The molecule has 0 aliphatic rings. The summed E-state index contributed by atoms with van der Waals surface area (Å²) in [6.07, 6.45) is 2.67. The number of fused-ring (bicyclic) bond motifs is 1. The number of para-hydroxylation sites is 1. The fourth-order valence-electron chi connectivity index (χ4n) is 2.33. The Hall–Kier alpha value is -1.84. The van der Waals surface area contributed by atoms with Crippen molar-refractivity contribution in [2.75, 3.05) is 6.54 Å². The SMILES string of the molecule is Cl.NCCc1c(-c2ccccn2)[nH]c2ccccc12. The number of aromatic amines is 1. The number of halogens is 1. The molecule has 98 valence electrons. The van der Waals surface area contributed by atoms with Crippen LogP contribution in [0.1, 0.15) is 5.56 Å². The Kier molecular flexibility index (Phi) is 4.20. The molecule has 0 fully saturated rings. The van der Waals surface area contributed by atoms with Crippen LogP contribution in [0.15, 0.2) is 48.7 Å². The second-order valence-electron chi connectivity index (χ2n) is 4.28. The molecule has 4 heteroatoms. The highest BCUT2D eigenvalue weighted by Crippen LogP contribution is 2.29. The van der Waals surface area contributed by atoms with Gasteiger partial charge in [-0.15, -0.1) is 12.4 Å². The molecule has 2 aromatic heterocycles. The van der Waals surface area contributed by atoms with Crippen LogP contribution in [-0.4, -0.2) is 16.5 Å². The van der Waals surface area contributed by atoms with Gasteiger partial charge in [0, 0.05) is 17.1 Å². The third-order valence-corrected chi connectivity index (χ3v) is 3.13. The Morgan fingerprint density at radius 3 is 2.58 bits per heavy atom. The summed E-state index contributed by atoms with van der Waals surface area (Å²) in [5.41, 5.74) is 10.2. The number of nitrogens with one attached hydrogen (secondary N) is 1. The Morgan fingerprint density at radius 2 is 1.84 bits per heavy atom. The molecule has 2 heterocycles. The predicted octanol–water partition coefficient (Wildman–Crippen LogP) is 3.15. The van der Waals surface area contributed by atoms with Gasteiger partial charge in [0.2, 0.25) is 0 Å². The fraction of sp³-hybridized carbons (Fsp3) is 0.133. The molecule has 19 heavy (non-hydrogen) atoms. The lowest BCUT2D eigenvalue weighted by Crippen LogP contribution is -2.03. The maximum Gasteiger partial charge on any atom is 0.0867 e. The topological polar surface area (TPSA) is 54.7 Å². The lowest BCUT2D eigenvalue weighted by molar-refractivity contribution is 0.976. The van der Waals surface area contributed by atoms with Crippen molar-refractivity contribution in [1.29, 1.82) is 0 Å². The van der Waals surface area contributed by atoms with Gasteiger partial charge in [0.25, 0.3) is 0 Å². The number of nitrogens with two attached hydrogens (primary N) is 1. The smallest absolute Gasteiger partial charge is 0.0867 e. The summed E-state index contributed by atoms with van der Waals surface area (Å²) >= 11 is 0. The molecule has 0 aliphatic carbocycles. The van der Waals surface area contributed by atoms with Gasteiger partial charge in [-0.2, -0.15) is 0 Å². The molecule has 0 bridgehead atoms. The van der Waals surface area contributed by atoms with Crippen LogP contribution in [0.2, 0.25) is 0 Å². The van der Waals surface area contributed by atoms with E-state index >= 15 is 0 Å². The van der Waals surface area contributed by atoms with Crippen molar-refractivity contribution in [3.05, 3.63) is 54.2 Å². The molecule has 1 aromatic carbocycles. The van der Waals surface area contributed by atoms with E-state index in [4.69, 9.17) is 5.73 Å². The molecule has 0 amide bonds. The minimum absolute atomic E-state index is 0. The van der Waals surface area contributed by atoms with E-state index in [-0.39, 0.29) is 12.4 Å². The molecule has 0 spiro atoms. The van der Waals surface area contributed by atoms with Gasteiger partial charge >= 0.3 is 0 Å². The Bertz CT molecular complexity index is 661. The summed E-state index contributed by atoms with van der Waals surface area (Å²) in [7, 11) is 0. The maximum absolute atomic E-state index is 5.72. The Morgan fingerprint density at radius 1 is 1.05 bits per heavy atom. The van der Waals surface area contributed by atoms with Crippen LogP contribution in [0.25, 0.3) is 22.3 Å². The average Bonchev–Trinajstić information content (AvgIpc) is 2.80. The molecule has 3 aromatic rings. The van der Waals surface area contributed by atoms with Crippen molar-refractivity contribution in [3.8, 4) is 11.4 Å². The van der Waals surface area contributed by atoms with E-state index in [0.29, 0.717) is 6.54 Å². The van der Waals surface area contributed by atoms with Crippen LogP contribution >= 0.6 is 12.4 Å². The summed E-state index contributed by atoms with van der Waals surface area (Å²) in [5.74, 6) is 0. The van der Waals surface area contributed by atoms with Gasteiger partial charge < -0.3 is 10.7 Å². The number of nitrogens with zero attached hydrogens (tertiary/aromatic N) is 1. The highest BCUT2D eigenvalue weighted by molar-refractivity contribution is 5.90. The highest BCUT2D eigenvalue weighted by atomic mass is 35.5. The first-order chi connectivity index (χ1) is 8.90. The molecule has 0 radical (unpaired) electrons. The highest BCUT2D eigenvalue weighted by Gasteiger charge is 2.12. The first-order valence-electron chi connectivity index (χ1n) is 6.11. The number of pyridine rings is 1. The third kappa shape index (κ3) is 2.48. The molecular formula is C15H16ClN3. The van der Waals surface area contributed by atoms with Crippen LogP contribution in [0.3, 0.4) is 0 Å². The largest absolute Gasteiger partial charge is 0.353 e. The lowest BCUT2D eigenvalue weighted by atomic mass is 10.1. The molecule has 0 saturated heterocycles. The summed E-state index contributed by atoms with van der Waals surface area (Å²) in [4.78, 5) is 7.86. The molecular weight excluding hydrogens is 258 g/mol. The fourth-order valence-corrected chi connectivity index (χ4v) is 2.33. The number of rotatable bonds is 3. The van der Waals surface area contributed by atoms with E-state index in [1.165, 1.54) is 10.9 Å². The second kappa shape index (κ2) is 5.87. The van der Waals surface area contributed by atoms with Crippen molar-refractivity contribution < 1.29 is 0 Å². The standard InChI is InChI=1S/C15H15N3.ClH/c16-9-8-12-11-5-1-2-6-13(11)18-15(12)14-7-3-4-10-17-14;/h1-7,10,18H,8-9,16H2;1H. The predicted molar refractivity (Wildman–Crippen MR) is 81.5 cm³/mol. The lowest BCUT2D eigenvalue weighted by Gasteiger charge is -2.02. The van der Waals surface area contributed by atoms with Crippen molar-refractivity contribution in [1.82, 2.24) is 9.97 Å². The molecule has 0 aliphatic heterocycles. The second-order valence-corrected chi connectivity index (χ2v) is 4.28. The molecule has 3 nitrogen and oxygen atoms in total. The number of hydrogen-bond acceptors (Lipinski definition) is 2. The van der Waals surface area contributed by atoms with Crippen molar-refractivity contribution >= 4 is 23.3 Å². The van der Waals surface area contributed by atoms with Crippen molar-refractivity contribution in [3.63, 3.8) is 0 Å². The first kappa shape index (κ1) is 13.6. The monoisotopic (exact) mass is 273 g/mol. The van der Waals surface area contributed by atoms with Gasteiger partial charge in [-0.3, -0.25) is 4.98 Å². The number of H-pyrrole nitrogens is 1. The summed E-state index contributed by atoms with van der Waals surface area (Å²) in [5, 5.41) is 1.24. The van der Waals surface area contributed by atoms with Crippen LogP contribution in [0, 0.1) is 0 Å². The van der Waals surface area contributed by atoms with E-state index in [0.717, 1.165) is 23.3 Å². The zero-order valence-electron chi connectivity index (χ0n) is 10.5. The van der Waals surface area contributed by atoms with Crippen molar-refractivity contribution in [2.24, 2.45) is 5.73 Å². The van der Waals surface area contributed by atoms with Gasteiger partial charge in [-0.05, 0) is 36.7 Å². The van der Waals surface area contributed by atoms with Crippen LogP contribution in [-0.2, 0) is 6.42 Å². The van der Waals surface area contributed by atoms with Crippen LogP contribution in [0.5, 0.6) is 0 Å².